The zero-order valence-corrected chi connectivity index (χ0v) is 8.62. The van der Waals surface area contributed by atoms with Crippen LogP contribution in [0.2, 0.25) is 0 Å². The van der Waals surface area contributed by atoms with Crippen LogP contribution in [0.4, 0.5) is 0 Å². The number of amides is 1. The molecule has 2 N–H and O–H groups in total. The Morgan fingerprint density at radius 1 is 1.54 bits per heavy atom. The highest BCUT2D eigenvalue weighted by molar-refractivity contribution is 5.75. The molecule has 0 aromatic rings. The van der Waals surface area contributed by atoms with Crippen molar-refractivity contribution in [2.24, 2.45) is 11.7 Å². The maximum atomic E-state index is 10.8. The van der Waals surface area contributed by atoms with E-state index in [4.69, 9.17) is 5.73 Å². The predicted molar refractivity (Wildman–Crippen MR) is 53.2 cm³/mol. The van der Waals surface area contributed by atoms with Crippen LogP contribution in [0.3, 0.4) is 0 Å². The van der Waals surface area contributed by atoms with E-state index in [2.05, 4.69) is 18.7 Å². The zero-order valence-electron chi connectivity index (χ0n) is 8.62. The number of nitrogens with two attached hydrogens (primary N) is 1. The Kier molecular flexibility index (Phi) is 3.72. The number of hydrogen-bond acceptors (Lipinski definition) is 2. The Morgan fingerprint density at radius 3 is 2.77 bits per heavy atom. The van der Waals surface area contributed by atoms with E-state index in [0.717, 1.165) is 12.5 Å². The fourth-order valence-electron chi connectivity index (χ4n) is 2.02. The fourth-order valence-corrected chi connectivity index (χ4v) is 2.02. The van der Waals surface area contributed by atoms with Gasteiger partial charge in [0, 0.05) is 12.6 Å². The highest BCUT2D eigenvalue weighted by Crippen LogP contribution is 2.23. The topological polar surface area (TPSA) is 46.3 Å². The molecule has 76 valence electrons. The second-order valence-corrected chi connectivity index (χ2v) is 4.10. The van der Waals surface area contributed by atoms with Crippen LogP contribution in [0.1, 0.15) is 33.1 Å². The highest BCUT2D eigenvalue weighted by atomic mass is 16.1. The molecule has 3 nitrogen and oxygen atoms in total. The zero-order chi connectivity index (χ0) is 9.84. The Balaban J connectivity index is 2.44. The van der Waals surface area contributed by atoms with E-state index in [1.807, 2.05) is 0 Å². The molecule has 0 spiro atoms. The van der Waals surface area contributed by atoms with Gasteiger partial charge in [-0.1, -0.05) is 13.3 Å². The molecule has 0 bridgehead atoms. The van der Waals surface area contributed by atoms with Gasteiger partial charge in [-0.2, -0.15) is 0 Å². The molecule has 1 saturated heterocycles. The van der Waals surface area contributed by atoms with Crippen molar-refractivity contribution in [1.29, 1.82) is 0 Å². The van der Waals surface area contributed by atoms with Crippen LogP contribution in [-0.2, 0) is 4.79 Å². The molecular formula is C10H20N2O. The van der Waals surface area contributed by atoms with Crippen molar-refractivity contribution in [3.8, 4) is 0 Å². The summed E-state index contributed by atoms with van der Waals surface area (Å²) in [5.74, 6) is 0.555. The minimum absolute atomic E-state index is 0.205. The van der Waals surface area contributed by atoms with Gasteiger partial charge >= 0.3 is 0 Å². The molecule has 1 aliphatic heterocycles. The van der Waals surface area contributed by atoms with Gasteiger partial charge in [-0.15, -0.1) is 0 Å². The van der Waals surface area contributed by atoms with E-state index in [0.29, 0.717) is 12.6 Å². The number of piperidine rings is 1. The third-order valence-corrected chi connectivity index (χ3v) is 3.05. The molecule has 0 radical (unpaired) electrons. The van der Waals surface area contributed by atoms with Gasteiger partial charge in [-0.25, -0.2) is 0 Å². The standard InChI is InChI=1S/C10H20N2O/c1-3-9-5-4-8(2)12(6-9)7-10(11)13/h8-9H,3-7H2,1-2H3,(H2,11,13). The molecule has 13 heavy (non-hydrogen) atoms. The summed E-state index contributed by atoms with van der Waals surface area (Å²) in [6, 6.07) is 0.523. The van der Waals surface area contributed by atoms with Crippen molar-refractivity contribution >= 4 is 5.91 Å². The lowest BCUT2D eigenvalue weighted by Crippen LogP contribution is -2.45. The van der Waals surface area contributed by atoms with Crippen molar-refractivity contribution in [3.05, 3.63) is 0 Å². The van der Waals surface area contributed by atoms with Crippen LogP contribution < -0.4 is 5.73 Å². The first kappa shape index (κ1) is 10.5. The number of rotatable bonds is 3. The van der Waals surface area contributed by atoms with Gasteiger partial charge in [0.25, 0.3) is 0 Å². The quantitative estimate of drug-likeness (QED) is 0.710. The first-order valence-electron chi connectivity index (χ1n) is 5.15. The average molecular weight is 184 g/mol. The average Bonchev–Trinajstić information content (AvgIpc) is 2.08. The first-order valence-corrected chi connectivity index (χ1v) is 5.15. The number of nitrogens with zero attached hydrogens (tertiary/aromatic N) is 1. The van der Waals surface area contributed by atoms with Crippen molar-refractivity contribution < 1.29 is 4.79 Å². The lowest BCUT2D eigenvalue weighted by Gasteiger charge is -2.36. The second kappa shape index (κ2) is 4.61. The number of primary amides is 1. The Bertz CT molecular complexity index is 182. The van der Waals surface area contributed by atoms with Crippen LogP contribution in [0.25, 0.3) is 0 Å². The summed E-state index contributed by atoms with van der Waals surface area (Å²) in [5, 5.41) is 0. The molecule has 1 heterocycles. The monoisotopic (exact) mass is 184 g/mol. The normalized spacial score (nSPS) is 30.3. The molecule has 3 heteroatoms. The van der Waals surface area contributed by atoms with Gasteiger partial charge in [-0.3, -0.25) is 9.69 Å². The largest absolute Gasteiger partial charge is 0.369 e. The fraction of sp³-hybridized carbons (Fsp3) is 0.900. The molecule has 1 rings (SSSR count). The summed E-state index contributed by atoms with van der Waals surface area (Å²) >= 11 is 0. The van der Waals surface area contributed by atoms with Crippen molar-refractivity contribution in [2.75, 3.05) is 13.1 Å². The van der Waals surface area contributed by atoms with E-state index < -0.39 is 0 Å². The van der Waals surface area contributed by atoms with E-state index in [1.165, 1.54) is 19.3 Å². The molecule has 1 amide bonds. The second-order valence-electron chi connectivity index (χ2n) is 4.10. The maximum absolute atomic E-state index is 10.8. The van der Waals surface area contributed by atoms with Crippen LogP contribution >= 0.6 is 0 Å². The number of hydrogen-bond donors (Lipinski definition) is 1. The van der Waals surface area contributed by atoms with Crippen LogP contribution in [0.5, 0.6) is 0 Å². The van der Waals surface area contributed by atoms with Gasteiger partial charge in [0.1, 0.15) is 0 Å². The van der Waals surface area contributed by atoms with E-state index in [-0.39, 0.29) is 5.91 Å². The molecule has 0 aromatic heterocycles. The van der Waals surface area contributed by atoms with Gasteiger partial charge in [0.15, 0.2) is 0 Å². The van der Waals surface area contributed by atoms with Crippen LogP contribution in [-0.4, -0.2) is 29.9 Å². The third-order valence-electron chi connectivity index (χ3n) is 3.05. The molecule has 0 saturated carbocycles. The summed E-state index contributed by atoms with van der Waals surface area (Å²) in [6.45, 7) is 5.86. The number of carbonyl (C=O) groups is 1. The Hall–Kier alpha value is -0.570. The summed E-state index contributed by atoms with van der Waals surface area (Å²) in [7, 11) is 0. The van der Waals surface area contributed by atoms with E-state index in [9.17, 15) is 4.79 Å². The Morgan fingerprint density at radius 2 is 2.23 bits per heavy atom. The molecule has 0 aromatic carbocycles. The summed E-state index contributed by atoms with van der Waals surface area (Å²) < 4.78 is 0. The molecule has 1 aliphatic rings. The van der Waals surface area contributed by atoms with E-state index in [1.54, 1.807) is 0 Å². The first-order chi connectivity index (χ1) is 6.13. The lowest BCUT2D eigenvalue weighted by molar-refractivity contribution is -0.120. The third kappa shape index (κ3) is 2.99. The van der Waals surface area contributed by atoms with Gasteiger partial charge < -0.3 is 5.73 Å². The molecule has 0 aliphatic carbocycles. The maximum Gasteiger partial charge on any atom is 0.231 e. The summed E-state index contributed by atoms with van der Waals surface area (Å²) in [5.41, 5.74) is 5.19. The number of likely N-dealkylation sites (tertiary alicyclic amines) is 1. The smallest absolute Gasteiger partial charge is 0.231 e. The van der Waals surface area contributed by atoms with Crippen LogP contribution in [0.15, 0.2) is 0 Å². The van der Waals surface area contributed by atoms with Crippen molar-refractivity contribution in [3.63, 3.8) is 0 Å². The minimum Gasteiger partial charge on any atom is -0.369 e. The van der Waals surface area contributed by atoms with Crippen molar-refractivity contribution in [2.45, 2.75) is 39.2 Å². The highest BCUT2D eigenvalue weighted by Gasteiger charge is 2.24. The van der Waals surface area contributed by atoms with Crippen molar-refractivity contribution in [1.82, 2.24) is 4.90 Å². The van der Waals surface area contributed by atoms with Gasteiger partial charge in [0.2, 0.25) is 5.91 Å². The summed E-state index contributed by atoms with van der Waals surface area (Å²) in [6.07, 6.45) is 3.71. The molecular weight excluding hydrogens is 164 g/mol. The van der Waals surface area contributed by atoms with Gasteiger partial charge in [-0.05, 0) is 25.7 Å². The number of carbonyl (C=O) groups excluding carboxylic acids is 1. The minimum atomic E-state index is -0.205. The molecule has 2 unspecified atom stereocenters. The predicted octanol–water partition coefficient (Wildman–Crippen LogP) is 0.982. The lowest BCUT2D eigenvalue weighted by atomic mass is 9.91. The van der Waals surface area contributed by atoms with Crippen LogP contribution in [0, 0.1) is 5.92 Å². The Labute approximate surface area is 80.3 Å². The SMILES string of the molecule is CCC1CCC(C)N(CC(N)=O)C1. The molecule has 1 fully saturated rings. The van der Waals surface area contributed by atoms with Gasteiger partial charge in [0.05, 0.1) is 6.54 Å². The molecule has 2 atom stereocenters. The van der Waals surface area contributed by atoms with E-state index >= 15 is 0 Å². The summed E-state index contributed by atoms with van der Waals surface area (Å²) in [4.78, 5) is 13.0.